The van der Waals surface area contributed by atoms with Gasteiger partial charge in [-0.2, -0.15) is 5.10 Å². The minimum Gasteiger partial charge on any atom is -0.365 e. The quantitative estimate of drug-likeness (QED) is 0.686. The lowest BCUT2D eigenvalue weighted by Gasteiger charge is -2.25. The average molecular weight is 378 g/mol. The molecule has 1 aliphatic rings. The number of hydrogen-bond acceptors (Lipinski definition) is 4. The Morgan fingerprint density at radius 2 is 1.96 bits per heavy atom. The third-order valence-corrected chi connectivity index (χ3v) is 5.11. The molecule has 1 aliphatic heterocycles. The van der Waals surface area contributed by atoms with E-state index < -0.39 is 0 Å². The summed E-state index contributed by atoms with van der Waals surface area (Å²) in [5.74, 6) is 0. The summed E-state index contributed by atoms with van der Waals surface area (Å²) in [6.45, 7) is 9.84. The van der Waals surface area contributed by atoms with Gasteiger partial charge in [0.15, 0.2) is 0 Å². The molecular formula is C23H31N5. The highest BCUT2D eigenvalue weighted by Crippen LogP contribution is 2.36. The van der Waals surface area contributed by atoms with Crippen LogP contribution >= 0.6 is 0 Å². The molecule has 0 saturated carbocycles. The van der Waals surface area contributed by atoms with Crippen LogP contribution in [-0.4, -0.2) is 9.78 Å². The highest BCUT2D eigenvalue weighted by atomic mass is 15.3. The Bertz CT molecular complexity index is 886. The van der Waals surface area contributed by atoms with Gasteiger partial charge in [-0.15, -0.1) is 0 Å². The van der Waals surface area contributed by atoms with Crippen molar-refractivity contribution in [2.75, 3.05) is 0 Å². The fraction of sp³-hybridized carbons (Fsp3) is 0.348. The Kier molecular flexibility index (Phi) is 6.49. The number of hydrogen-bond donors (Lipinski definition) is 3. The predicted molar refractivity (Wildman–Crippen MR) is 116 cm³/mol. The van der Waals surface area contributed by atoms with Crippen molar-refractivity contribution in [3.05, 3.63) is 82.8 Å². The lowest BCUT2D eigenvalue weighted by molar-refractivity contribution is 0.530. The molecule has 5 nitrogen and oxygen atoms in total. The van der Waals surface area contributed by atoms with Crippen molar-refractivity contribution in [1.82, 2.24) is 15.1 Å². The molecule has 2 heterocycles. The summed E-state index contributed by atoms with van der Waals surface area (Å²) in [5, 5.41) is 8.16. The summed E-state index contributed by atoms with van der Waals surface area (Å²) in [7, 11) is 0. The van der Waals surface area contributed by atoms with E-state index in [2.05, 4.69) is 53.8 Å². The Hall–Kier alpha value is -2.63. The van der Waals surface area contributed by atoms with E-state index >= 15 is 0 Å². The molecule has 1 atom stereocenters. The molecule has 1 aromatic heterocycles. The SMILES string of the molecule is C=C1NC(N)c2nn(CCCC)c(Cc3ccc(CN)cc3)c2/C1=C/C=C\C. The van der Waals surface area contributed by atoms with Crippen LogP contribution in [0, 0.1) is 0 Å². The van der Waals surface area contributed by atoms with Gasteiger partial charge in [0.2, 0.25) is 0 Å². The maximum atomic E-state index is 6.36. The van der Waals surface area contributed by atoms with Crippen LogP contribution < -0.4 is 16.8 Å². The average Bonchev–Trinajstić information content (AvgIpc) is 3.05. The molecule has 0 aliphatic carbocycles. The second-order valence-electron chi connectivity index (χ2n) is 7.19. The largest absolute Gasteiger partial charge is 0.365 e. The van der Waals surface area contributed by atoms with Crippen LogP contribution in [0.2, 0.25) is 0 Å². The molecule has 0 fully saturated rings. The summed E-state index contributed by atoms with van der Waals surface area (Å²) in [6, 6.07) is 8.49. The van der Waals surface area contributed by atoms with E-state index in [-0.39, 0.29) is 6.17 Å². The topological polar surface area (TPSA) is 81.9 Å². The summed E-state index contributed by atoms with van der Waals surface area (Å²) in [5.41, 5.74) is 19.6. The summed E-state index contributed by atoms with van der Waals surface area (Å²) < 4.78 is 2.13. The smallest absolute Gasteiger partial charge is 0.121 e. The van der Waals surface area contributed by atoms with Crippen molar-refractivity contribution in [1.29, 1.82) is 0 Å². The molecule has 0 saturated heterocycles. The molecule has 1 unspecified atom stereocenters. The van der Waals surface area contributed by atoms with E-state index in [0.29, 0.717) is 6.54 Å². The number of unbranched alkanes of at least 4 members (excludes halogenated alkanes) is 1. The summed E-state index contributed by atoms with van der Waals surface area (Å²) in [4.78, 5) is 0. The molecule has 0 bridgehead atoms. The first-order valence-electron chi connectivity index (χ1n) is 10.0. The van der Waals surface area contributed by atoms with Gasteiger partial charge in [0.1, 0.15) is 11.9 Å². The minimum absolute atomic E-state index is 0.341. The Labute approximate surface area is 167 Å². The number of nitrogens with zero attached hydrogens (tertiary/aromatic N) is 2. The van der Waals surface area contributed by atoms with Gasteiger partial charge in [-0.05, 0) is 24.5 Å². The fourth-order valence-electron chi connectivity index (χ4n) is 3.55. The zero-order valence-electron chi connectivity index (χ0n) is 16.9. The highest BCUT2D eigenvalue weighted by Gasteiger charge is 2.30. The number of benzene rings is 1. The zero-order valence-corrected chi connectivity index (χ0v) is 16.9. The van der Waals surface area contributed by atoms with Crippen molar-refractivity contribution in [3.8, 4) is 0 Å². The monoisotopic (exact) mass is 377 g/mol. The molecular weight excluding hydrogens is 346 g/mol. The van der Waals surface area contributed by atoms with Gasteiger partial charge in [-0.25, -0.2) is 0 Å². The second-order valence-corrected chi connectivity index (χ2v) is 7.19. The van der Waals surface area contributed by atoms with Crippen molar-refractivity contribution in [2.45, 2.75) is 52.4 Å². The van der Waals surface area contributed by atoms with Gasteiger partial charge in [-0.3, -0.25) is 4.68 Å². The van der Waals surface area contributed by atoms with Crippen LogP contribution in [-0.2, 0) is 19.5 Å². The maximum Gasteiger partial charge on any atom is 0.121 e. The number of allylic oxidation sites excluding steroid dienone is 4. The first-order valence-corrected chi connectivity index (χ1v) is 10.0. The molecule has 3 rings (SSSR count). The first-order chi connectivity index (χ1) is 13.6. The second kappa shape index (κ2) is 9.04. The van der Waals surface area contributed by atoms with Crippen molar-refractivity contribution >= 4 is 5.57 Å². The first kappa shape index (κ1) is 20.1. The number of fused-ring (bicyclic) bond motifs is 1. The minimum atomic E-state index is -0.341. The van der Waals surface area contributed by atoms with Gasteiger partial charge in [0.05, 0.1) is 5.69 Å². The molecule has 28 heavy (non-hydrogen) atoms. The molecule has 0 spiro atoms. The Morgan fingerprint density at radius 1 is 1.25 bits per heavy atom. The van der Waals surface area contributed by atoms with Gasteiger partial charge < -0.3 is 16.8 Å². The van der Waals surface area contributed by atoms with Gasteiger partial charge in [-0.1, -0.05) is 62.4 Å². The van der Waals surface area contributed by atoms with Gasteiger partial charge >= 0.3 is 0 Å². The third kappa shape index (κ3) is 4.11. The van der Waals surface area contributed by atoms with Crippen LogP contribution in [0.15, 0.2) is 54.8 Å². The van der Waals surface area contributed by atoms with E-state index in [9.17, 15) is 0 Å². The van der Waals surface area contributed by atoms with E-state index in [1.165, 1.54) is 11.3 Å². The van der Waals surface area contributed by atoms with Crippen LogP contribution in [0.1, 0.15) is 60.9 Å². The standard InChI is InChI=1S/C23H31N5/c1-4-6-8-19-16(3)26-23(25)22-21(19)20(28(27-22)13-7-5-2)14-17-9-11-18(15-24)12-10-17/h4,6,8-12,23,26H,3,5,7,13-15,24-25H2,1-2H3/b6-4-,19-8+. The molecule has 148 valence electrons. The van der Waals surface area contributed by atoms with Crippen molar-refractivity contribution < 1.29 is 0 Å². The van der Waals surface area contributed by atoms with Crippen molar-refractivity contribution in [3.63, 3.8) is 0 Å². The normalized spacial score (nSPS) is 17.9. The lowest BCUT2D eigenvalue weighted by Crippen LogP contribution is -2.33. The third-order valence-electron chi connectivity index (χ3n) is 5.11. The van der Waals surface area contributed by atoms with Crippen molar-refractivity contribution in [2.24, 2.45) is 11.5 Å². The predicted octanol–water partition coefficient (Wildman–Crippen LogP) is 3.77. The van der Waals surface area contributed by atoms with E-state index in [0.717, 1.165) is 53.9 Å². The molecule has 5 N–H and O–H groups in total. The van der Waals surface area contributed by atoms with Crippen LogP contribution in [0.4, 0.5) is 0 Å². The fourth-order valence-corrected chi connectivity index (χ4v) is 3.55. The van der Waals surface area contributed by atoms with Crippen LogP contribution in [0.3, 0.4) is 0 Å². The summed E-state index contributed by atoms with van der Waals surface area (Å²) in [6.07, 6.45) is 8.79. The molecule has 2 aromatic rings. The molecule has 0 amide bonds. The molecule has 1 aromatic carbocycles. The van der Waals surface area contributed by atoms with Gasteiger partial charge in [0.25, 0.3) is 0 Å². The number of nitrogens with one attached hydrogen (secondary N) is 1. The number of rotatable bonds is 7. The Balaban J connectivity index is 2.10. The number of nitrogens with two attached hydrogens (primary N) is 2. The Morgan fingerprint density at radius 3 is 2.61 bits per heavy atom. The van der Waals surface area contributed by atoms with E-state index in [4.69, 9.17) is 16.6 Å². The van der Waals surface area contributed by atoms with E-state index in [1.807, 2.05) is 19.1 Å². The number of aromatic nitrogens is 2. The van der Waals surface area contributed by atoms with Crippen LogP contribution in [0.25, 0.3) is 5.57 Å². The molecule has 5 heteroatoms. The number of aryl methyl sites for hydroxylation is 1. The lowest BCUT2D eigenvalue weighted by atomic mass is 9.92. The highest BCUT2D eigenvalue weighted by molar-refractivity contribution is 5.83. The van der Waals surface area contributed by atoms with Crippen LogP contribution in [0.5, 0.6) is 0 Å². The maximum absolute atomic E-state index is 6.36. The van der Waals surface area contributed by atoms with Gasteiger partial charge in [0, 0.05) is 36.3 Å². The van der Waals surface area contributed by atoms with E-state index in [1.54, 1.807) is 0 Å². The summed E-state index contributed by atoms with van der Waals surface area (Å²) >= 11 is 0. The molecule has 0 radical (unpaired) electrons. The zero-order chi connectivity index (χ0) is 20.1.